The smallest absolute Gasteiger partial charge is 0.245 e. The monoisotopic (exact) mass is 336 g/mol. The number of hydrogen-bond acceptors (Lipinski definition) is 7. The van der Waals surface area contributed by atoms with Crippen molar-refractivity contribution in [2.45, 2.75) is 19.9 Å². The number of anilines is 2. The lowest BCUT2D eigenvalue weighted by atomic mass is 10.2. The minimum absolute atomic E-state index is 0.0826. The van der Waals surface area contributed by atoms with Gasteiger partial charge in [0.25, 0.3) is 0 Å². The topological polar surface area (TPSA) is 113 Å². The summed E-state index contributed by atoms with van der Waals surface area (Å²) in [6, 6.07) is 3.87. The summed E-state index contributed by atoms with van der Waals surface area (Å²) >= 11 is 0. The Labute approximate surface area is 143 Å². The van der Waals surface area contributed by atoms with E-state index in [0.29, 0.717) is 28.8 Å². The standard InChI is InChI=1S/C16H16N8O/c1-9(2)24-7-13(25)22-15-16(24)21-12(6-18-15)10-3-4-11(17-5-10)14-19-8-20-23-14/h3-6,8-9H,7H2,1-2H3,(H,18,22,25)(H,19,20,23). The highest BCUT2D eigenvalue weighted by Gasteiger charge is 2.26. The maximum Gasteiger partial charge on any atom is 0.245 e. The first-order valence-electron chi connectivity index (χ1n) is 7.88. The van der Waals surface area contributed by atoms with Crippen LogP contribution in [0.5, 0.6) is 0 Å². The second kappa shape index (κ2) is 5.93. The molecule has 0 spiro atoms. The summed E-state index contributed by atoms with van der Waals surface area (Å²) in [5, 5.41) is 9.43. The summed E-state index contributed by atoms with van der Waals surface area (Å²) in [6.45, 7) is 4.30. The van der Waals surface area contributed by atoms with Crippen LogP contribution >= 0.6 is 0 Å². The van der Waals surface area contributed by atoms with Crippen LogP contribution in [-0.4, -0.2) is 48.6 Å². The molecule has 1 amide bonds. The molecule has 0 saturated heterocycles. The largest absolute Gasteiger partial charge is 0.342 e. The van der Waals surface area contributed by atoms with Gasteiger partial charge in [-0.05, 0) is 26.0 Å². The third kappa shape index (κ3) is 2.80. The molecule has 3 aromatic heterocycles. The number of hydrogen-bond donors (Lipinski definition) is 2. The Kier molecular flexibility index (Phi) is 3.60. The number of carbonyl (C=O) groups is 1. The van der Waals surface area contributed by atoms with E-state index < -0.39 is 0 Å². The number of aromatic nitrogens is 6. The lowest BCUT2D eigenvalue weighted by molar-refractivity contribution is -0.115. The Bertz CT molecular complexity index is 904. The highest BCUT2D eigenvalue weighted by atomic mass is 16.2. The molecule has 0 atom stereocenters. The maximum absolute atomic E-state index is 11.8. The van der Waals surface area contributed by atoms with Crippen LogP contribution < -0.4 is 10.2 Å². The van der Waals surface area contributed by atoms with Crippen molar-refractivity contribution in [1.82, 2.24) is 30.1 Å². The van der Waals surface area contributed by atoms with Crippen molar-refractivity contribution in [3.63, 3.8) is 0 Å². The van der Waals surface area contributed by atoms with Crippen molar-refractivity contribution in [3.05, 3.63) is 30.9 Å². The average Bonchev–Trinajstić information content (AvgIpc) is 3.15. The predicted molar refractivity (Wildman–Crippen MR) is 91.8 cm³/mol. The normalized spacial score (nSPS) is 13.7. The number of carbonyl (C=O) groups excluding carboxylic acids is 1. The number of nitrogens with one attached hydrogen (secondary N) is 2. The van der Waals surface area contributed by atoms with Crippen molar-refractivity contribution in [2.24, 2.45) is 0 Å². The molecule has 4 rings (SSSR count). The number of amides is 1. The molecule has 9 nitrogen and oxygen atoms in total. The second-order valence-electron chi connectivity index (χ2n) is 5.95. The van der Waals surface area contributed by atoms with Crippen molar-refractivity contribution >= 4 is 17.5 Å². The van der Waals surface area contributed by atoms with Gasteiger partial charge in [-0.2, -0.15) is 5.10 Å². The highest BCUT2D eigenvalue weighted by Crippen LogP contribution is 2.29. The van der Waals surface area contributed by atoms with E-state index in [1.807, 2.05) is 30.9 Å². The van der Waals surface area contributed by atoms with Gasteiger partial charge in [0.2, 0.25) is 5.91 Å². The Hall–Kier alpha value is -3.36. The minimum atomic E-state index is -0.0826. The Balaban J connectivity index is 1.70. The fourth-order valence-corrected chi connectivity index (χ4v) is 2.65. The number of H-pyrrole nitrogens is 1. The minimum Gasteiger partial charge on any atom is -0.342 e. The van der Waals surface area contributed by atoms with E-state index in [0.717, 1.165) is 5.56 Å². The zero-order valence-electron chi connectivity index (χ0n) is 13.8. The van der Waals surface area contributed by atoms with Gasteiger partial charge in [-0.1, -0.05) is 0 Å². The van der Waals surface area contributed by atoms with Crippen molar-refractivity contribution < 1.29 is 4.79 Å². The fourth-order valence-electron chi connectivity index (χ4n) is 2.65. The average molecular weight is 336 g/mol. The summed E-state index contributed by atoms with van der Waals surface area (Å²) in [5.74, 6) is 1.61. The van der Waals surface area contributed by atoms with Gasteiger partial charge in [-0.15, -0.1) is 0 Å². The first-order valence-corrected chi connectivity index (χ1v) is 7.88. The quantitative estimate of drug-likeness (QED) is 0.745. The first-order chi connectivity index (χ1) is 12.1. The molecule has 2 N–H and O–H groups in total. The summed E-state index contributed by atoms with van der Waals surface area (Å²) < 4.78 is 0. The van der Waals surface area contributed by atoms with Crippen LogP contribution in [0.3, 0.4) is 0 Å². The summed E-state index contributed by atoms with van der Waals surface area (Å²) in [7, 11) is 0. The zero-order chi connectivity index (χ0) is 17.4. The fraction of sp³-hybridized carbons (Fsp3) is 0.250. The van der Waals surface area contributed by atoms with E-state index >= 15 is 0 Å². The SMILES string of the molecule is CC(C)N1CC(=O)Nc2ncc(-c3ccc(-c4nc[nH]n4)nc3)nc21. The molecule has 126 valence electrons. The first kappa shape index (κ1) is 15.2. The summed E-state index contributed by atoms with van der Waals surface area (Å²) in [6.07, 6.45) is 4.85. The van der Waals surface area contributed by atoms with Crippen LogP contribution in [0.25, 0.3) is 22.8 Å². The Morgan fingerprint density at radius 1 is 1.12 bits per heavy atom. The van der Waals surface area contributed by atoms with Crippen LogP contribution in [0.15, 0.2) is 30.9 Å². The van der Waals surface area contributed by atoms with Gasteiger partial charge >= 0.3 is 0 Å². The third-order valence-electron chi connectivity index (χ3n) is 3.92. The van der Waals surface area contributed by atoms with Crippen molar-refractivity contribution in [1.29, 1.82) is 0 Å². The molecule has 25 heavy (non-hydrogen) atoms. The van der Waals surface area contributed by atoms with Gasteiger partial charge in [0.15, 0.2) is 17.5 Å². The molecular formula is C16H16N8O. The molecule has 3 aromatic rings. The molecule has 0 fully saturated rings. The van der Waals surface area contributed by atoms with Gasteiger partial charge in [0.1, 0.15) is 12.0 Å². The summed E-state index contributed by atoms with van der Waals surface area (Å²) in [4.78, 5) is 31.2. The molecule has 0 aromatic carbocycles. The highest BCUT2D eigenvalue weighted by molar-refractivity contribution is 5.99. The Morgan fingerprint density at radius 2 is 2.00 bits per heavy atom. The van der Waals surface area contributed by atoms with Crippen LogP contribution in [0.4, 0.5) is 11.6 Å². The Morgan fingerprint density at radius 3 is 2.68 bits per heavy atom. The molecule has 0 saturated carbocycles. The molecule has 0 bridgehead atoms. The number of fused-ring (bicyclic) bond motifs is 1. The number of pyridine rings is 1. The van der Waals surface area contributed by atoms with Crippen LogP contribution in [0.1, 0.15) is 13.8 Å². The number of aromatic amines is 1. The molecule has 1 aliphatic rings. The van der Waals surface area contributed by atoms with Gasteiger partial charge in [0.05, 0.1) is 18.4 Å². The van der Waals surface area contributed by atoms with Gasteiger partial charge in [-0.3, -0.25) is 14.9 Å². The third-order valence-corrected chi connectivity index (χ3v) is 3.92. The van der Waals surface area contributed by atoms with Crippen LogP contribution in [0, 0.1) is 0 Å². The molecular weight excluding hydrogens is 320 g/mol. The lowest BCUT2D eigenvalue weighted by Crippen LogP contribution is -2.43. The molecule has 1 aliphatic heterocycles. The van der Waals surface area contributed by atoms with Gasteiger partial charge < -0.3 is 10.2 Å². The van der Waals surface area contributed by atoms with Gasteiger partial charge in [0, 0.05) is 17.8 Å². The molecule has 9 heteroatoms. The van der Waals surface area contributed by atoms with Crippen molar-refractivity contribution in [3.8, 4) is 22.8 Å². The van der Waals surface area contributed by atoms with Crippen molar-refractivity contribution in [2.75, 3.05) is 16.8 Å². The molecule has 4 heterocycles. The predicted octanol–water partition coefficient (Wildman–Crippen LogP) is 1.49. The number of nitrogens with zero attached hydrogens (tertiary/aromatic N) is 6. The summed E-state index contributed by atoms with van der Waals surface area (Å²) in [5.41, 5.74) is 2.19. The zero-order valence-corrected chi connectivity index (χ0v) is 13.8. The van der Waals surface area contributed by atoms with E-state index in [2.05, 4.69) is 35.5 Å². The van der Waals surface area contributed by atoms with E-state index in [1.54, 1.807) is 12.4 Å². The molecule has 0 aliphatic carbocycles. The van der Waals surface area contributed by atoms with E-state index in [4.69, 9.17) is 0 Å². The molecule has 0 radical (unpaired) electrons. The van der Waals surface area contributed by atoms with Crippen LogP contribution in [-0.2, 0) is 4.79 Å². The van der Waals surface area contributed by atoms with E-state index in [-0.39, 0.29) is 18.5 Å². The van der Waals surface area contributed by atoms with Gasteiger partial charge in [-0.25, -0.2) is 15.0 Å². The number of rotatable bonds is 3. The lowest BCUT2D eigenvalue weighted by Gasteiger charge is -2.32. The maximum atomic E-state index is 11.8. The van der Waals surface area contributed by atoms with E-state index in [1.165, 1.54) is 6.33 Å². The second-order valence-corrected chi connectivity index (χ2v) is 5.95. The van der Waals surface area contributed by atoms with Crippen LogP contribution in [0.2, 0.25) is 0 Å². The molecule has 0 unspecified atom stereocenters. The van der Waals surface area contributed by atoms with E-state index in [9.17, 15) is 4.79 Å².